The lowest BCUT2D eigenvalue weighted by Gasteiger charge is -2.17. The number of hydrogen-bond donors (Lipinski definition) is 3. The van der Waals surface area contributed by atoms with Crippen molar-refractivity contribution in [2.45, 2.75) is 37.6 Å². The number of aromatic nitrogens is 6. The second-order valence-corrected chi connectivity index (χ2v) is 9.88. The minimum atomic E-state index is -5.02. The highest BCUT2D eigenvalue weighted by Crippen LogP contribution is 2.26. The van der Waals surface area contributed by atoms with E-state index in [0.29, 0.717) is 9.59 Å². The molecule has 11 nitrogen and oxygen atoms in total. The second kappa shape index (κ2) is 12.4. The molecule has 0 bridgehead atoms. The molecule has 1 unspecified atom stereocenters. The summed E-state index contributed by atoms with van der Waals surface area (Å²) in [7, 11) is 0. The van der Waals surface area contributed by atoms with Crippen molar-refractivity contribution in [1.29, 1.82) is 0 Å². The molecule has 1 amide bonds. The highest BCUT2D eigenvalue weighted by Gasteiger charge is 2.39. The zero-order chi connectivity index (χ0) is 31.7. The number of para-hydroxylation sites is 1. The molecule has 19 heteroatoms. The molecule has 0 saturated heterocycles. The van der Waals surface area contributed by atoms with Crippen molar-refractivity contribution in [2.24, 2.45) is 5.73 Å². The Hall–Kier alpha value is -3.93. The van der Waals surface area contributed by atoms with E-state index in [9.17, 15) is 41.0 Å². The van der Waals surface area contributed by atoms with Gasteiger partial charge in [-0.2, -0.15) is 26.3 Å². The molecule has 0 aliphatic rings. The SMILES string of the molecule is NC(CNC(=O)c1cccc(Cl)c1-n1cnc(Cn2nc(-c3ccc(Cl)cc3)n(C[C@@H](O)C(F)(F)F)c2=O)n1)C(F)(F)F. The van der Waals surface area contributed by atoms with Crippen molar-refractivity contribution in [2.75, 3.05) is 6.54 Å². The monoisotopic (exact) mass is 652 g/mol. The van der Waals surface area contributed by atoms with E-state index >= 15 is 0 Å². The fraction of sp³-hybridized carbons (Fsp3) is 0.292. The smallest absolute Gasteiger partial charge is 0.382 e. The van der Waals surface area contributed by atoms with Crippen LogP contribution in [0.5, 0.6) is 0 Å². The van der Waals surface area contributed by atoms with Gasteiger partial charge < -0.3 is 16.2 Å². The summed E-state index contributed by atoms with van der Waals surface area (Å²) < 4.78 is 80.0. The van der Waals surface area contributed by atoms with Crippen LogP contribution < -0.4 is 16.7 Å². The Morgan fingerprint density at radius 3 is 2.33 bits per heavy atom. The van der Waals surface area contributed by atoms with E-state index < -0.39 is 55.7 Å². The summed E-state index contributed by atoms with van der Waals surface area (Å²) in [4.78, 5) is 29.8. The van der Waals surface area contributed by atoms with Gasteiger partial charge in [-0.15, -0.1) is 10.2 Å². The summed E-state index contributed by atoms with van der Waals surface area (Å²) in [6.07, 6.45) is -11.5. The molecule has 4 aromatic rings. The van der Waals surface area contributed by atoms with Crippen molar-refractivity contribution < 1.29 is 36.2 Å². The number of rotatable bonds is 9. The molecule has 0 saturated carbocycles. The molecular formula is C24H20Cl2F6N8O3. The van der Waals surface area contributed by atoms with Gasteiger partial charge in [0.2, 0.25) is 0 Å². The van der Waals surface area contributed by atoms with Gasteiger partial charge in [-0.05, 0) is 36.4 Å². The largest absolute Gasteiger partial charge is 0.416 e. The Balaban J connectivity index is 1.65. The average Bonchev–Trinajstić information content (AvgIpc) is 3.51. The number of aliphatic hydroxyl groups excluding tert-OH is 1. The lowest BCUT2D eigenvalue weighted by molar-refractivity contribution is -0.207. The van der Waals surface area contributed by atoms with Crippen molar-refractivity contribution in [3.63, 3.8) is 0 Å². The van der Waals surface area contributed by atoms with Crippen LogP contribution in [-0.4, -0.2) is 71.2 Å². The van der Waals surface area contributed by atoms with Crippen molar-refractivity contribution in [3.05, 3.63) is 80.7 Å². The third-order valence-electron chi connectivity index (χ3n) is 5.95. The highest BCUT2D eigenvalue weighted by molar-refractivity contribution is 6.33. The Kier molecular flexibility index (Phi) is 9.19. The molecule has 4 N–H and O–H groups in total. The van der Waals surface area contributed by atoms with Crippen molar-refractivity contribution in [3.8, 4) is 17.1 Å². The number of benzene rings is 2. The number of hydrogen-bond acceptors (Lipinski definition) is 7. The molecule has 0 radical (unpaired) electrons. The molecule has 2 atom stereocenters. The van der Waals surface area contributed by atoms with E-state index in [4.69, 9.17) is 28.9 Å². The first kappa shape index (κ1) is 32.0. The molecular weight excluding hydrogens is 633 g/mol. The van der Waals surface area contributed by atoms with Crippen LogP contribution in [0.4, 0.5) is 26.3 Å². The number of halogens is 8. The van der Waals surface area contributed by atoms with Gasteiger partial charge in [-0.1, -0.05) is 29.3 Å². The van der Waals surface area contributed by atoms with Gasteiger partial charge in [0.05, 0.1) is 22.8 Å². The van der Waals surface area contributed by atoms with Crippen LogP contribution in [0.15, 0.2) is 53.6 Å². The zero-order valence-electron chi connectivity index (χ0n) is 21.4. The highest BCUT2D eigenvalue weighted by atomic mass is 35.5. The standard InChI is InChI=1S/C24H20Cl2F6N8O3/c25-13-6-4-12(5-7-13)20-37-39(22(43)38(20)9-17(41)24(30,31)32)10-18-35-11-40(36-18)19-14(2-1-3-15(19)26)21(42)34-8-16(33)23(27,28)29/h1-7,11,16-17,41H,8-10,33H2,(H,34,42)/t16?,17-/m1/s1. The maximum absolute atomic E-state index is 13.1. The van der Waals surface area contributed by atoms with E-state index in [1.54, 1.807) is 0 Å². The Bertz CT molecular complexity index is 1670. The number of carbonyl (C=O) groups is 1. The van der Waals surface area contributed by atoms with Gasteiger partial charge in [0.25, 0.3) is 5.91 Å². The maximum Gasteiger partial charge on any atom is 0.416 e. The van der Waals surface area contributed by atoms with E-state index in [-0.39, 0.29) is 33.5 Å². The van der Waals surface area contributed by atoms with Crippen molar-refractivity contribution >= 4 is 29.1 Å². The molecule has 0 spiro atoms. The van der Waals surface area contributed by atoms with Crippen LogP contribution in [0, 0.1) is 0 Å². The Labute approximate surface area is 247 Å². The average molecular weight is 653 g/mol. The van der Waals surface area contributed by atoms with Crippen LogP contribution in [-0.2, 0) is 13.1 Å². The van der Waals surface area contributed by atoms with Gasteiger partial charge in [0.15, 0.2) is 17.8 Å². The summed E-state index contributed by atoms with van der Waals surface area (Å²) in [5.41, 5.74) is 4.01. The maximum atomic E-state index is 13.1. The quantitative estimate of drug-likeness (QED) is 0.235. The van der Waals surface area contributed by atoms with Gasteiger partial charge >= 0.3 is 18.0 Å². The first-order valence-electron chi connectivity index (χ1n) is 12.0. The molecule has 2 aromatic heterocycles. The number of alkyl halides is 6. The summed E-state index contributed by atoms with van der Waals surface area (Å²) in [5, 5.41) is 20.3. The molecule has 0 aliphatic carbocycles. The summed E-state index contributed by atoms with van der Waals surface area (Å²) >= 11 is 12.1. The number of carbonyl (C=O) groups excluding carboxylic acids is 1. The predicted molar refractivity (Wildman–Crippen MR) is 141 cm³/mol. The molecule has 0 aliphatic heterocycles. The number of nitrogens with one attached hydrogen (secondary N) is 1. The minimum absolute atomic E-state index is 0.0307. The number of nitrogens with two attached hydrogens (primary N) is 1. The molecule has 2 aromatic carbocycles. The lowest BCUT2D eigenvalue weighted by atomic mass is 10.1. The lowest BCUT2D eigenvalue weighted by Crippen LogP contribution is -2.46. The summed E-state index contributed by atoms with van der Waals surface area (Å²) in [6.45, 7) is -2.53. The summed E-state index contributed by atoms with van der Waals surface area (Å²) in [6, 6.07) is 7.42. The third-order valence-corrected chi connectivity index (χ3v) is 6.51. The molecule has 230 valence electrons. The van der Waals surface area contributed by atoms with E-state index in [2.05, 4.69) is 20.5 Å². The van der Waals surface area contributed by atoms with E-state index in [0.717, 1.165) is 15.7 Å². The van der Waals surface area contributed by atoms with Crippen LogP contribution in [0.25, 0.3) is 17.1 Å². The second-order valence-electron chi connectivity index (χ2n) is 9.04. The van der Waals surface area contributed by atoms with Crippen LogP contribution in [0.1, 0.15) is 16.2 Å². The Morgan fingerprint density at radius 1 is 1.02 bits per heavy atom. The van der Waals surface area contributed by atoms with Gasteiger partial charge in [-0.25, -0.2) is 19.1 Å². The number of aliphatic hydroxyl groups is 1. The van der Waals surface area contributed by atoms with Gasteiger partial charge in [-0.3, -0.25) is 9.36 Å². The van der Waals surface area contributed by atoms with Crippen molar-refractivity contribution in [1.82, 2.24) is 34.4 Å². The Morgan fingerprint density at radius 2 is 1.70 bits per heavy atom. The third kappa shape index (κ3) is 7.35. The van der Waals surface area contributed by atoms with Crippen LogP contribution in [0.2, 0.25) is 10.0 Å². The molecule has 2 heterocycles. The van der Waals surface area contributed by atoms with Gasteiger partial charge in [0.1, 0.15) is 18.9 Å². The predicted octanol–water partition coefficient (Wildman–Crippen LogP) is 3.19. The zero-order valence-corrected chi connectivity index (χ0v) is 23.0. The molecule has 0 fully saturated rings. The van der Waals surface area contributed by atoms with Crippen LogP contribution >= 0.6 is 23.2 Å². The number of amides is 1. The topological polar surface area (TPSA) is 146 Å². The molecule has 43 heavy (non-hydrogen) atoms. The van der Waals surface area contributed by atoms with Crippen LogP contribution in [0.3, 0.4) is 0 Å². The van der Waals surface area contributed by atoms with E-state index in [1.165, 1.54) is 42.5 Å². The molecule has 4 rings (SSSR count). The first-order valence-corrected chi connectivity index (χ1v) is 12.8. The normalized spacial score (nSPS) is 13.6. The first-order chi connectivity index (χ1) is 20.1. The minimum Gasteiger partial charge on any atom is -0.382 e. The number of nitrogens with zero attached hydrogens (tertiary/aromatic N) is 6. The van der Waals surface area contributed by atoms with E-state index in [1.807, 2.05) is 0 Å². The van der Waals surface area contributed by atoms with Gasteiger partial charge in [0, 0.05) is 17.1 Å². The fourth-order valence-electron chi connectivity index (χ4n) is 3.75. The summed E-state index contributed by atoms with van der Waals surface area (Å²) in [5.74, 6) is -1.25. The fourth-order valence-corrected chi connectivity index (χ4v) is 4.14.